The van der Waals surface area contributed by atoms with E-state index in [4.69, 9.17) is 13.9 Å². The van der Waals surface area contributed by atoms with Crippen LogP contribution in [0.25, 0.3) is 33.5 Å². The van der Waals surface area contributed by atoms with E-state index in [-0.39, 0.29) is 5.78 Å². The summed E-state index contributed by atoms with van der Waals surface area (Å²) in [5.74, 6) is 2.45. The molecular formula is C35H34N2O4. The summed E-state index contributed by atoms with van der Waals surface area (Å²) in [7, 11) is 1.69. The molecule has 0 bridgehead atoms. The Morgan fingerprint density at radius 1 is 0.902 bits per heavy atom. The van der Waals surface area contributed by atoms with Gasteiger partial charge in [-0.25, -0.2) is 0 Å². The molecule has 0 amide bonds. The zero-order chi connectivity index (χ0) is 27.8. The maximum absolute atomic E-state index is 14.3. The first kappa shape index (κ1) is 25.7. The van der Waals surface area contributed by atoms with E-state index in [1.54, 1.807) is 13.4 Å². The van der Waals surface area contributed by atoms with E-state index in [1.165, 1.54) is 24.8 Å². The van der Waals surface area contributed by atoms with Gasteiger partial charge in [-0.2, -0.15) is 0 Å². The highest BCUT2D eigenvalue weighted by Crippen LogP contribution is 2.42. The van der Waals surface area contributed by atoms with Gasteiger partial charge in [-0.1, -0.05) is 18.6 Å². The topological polar surface area (TPSA) is 56.8 Å². The average Bonchev–Trinajstić information content (AvgIpc) is 3.68. The van der Waals surface area contributed by atoms with E-state index in [2.05, 4.69) is 33.7 Å². The van der Waals surface area contributed by atoms with Gasteiger partial charge in [0.1, 0.15) is 23.9 Å². The average molecular weight is 547 g/mol. The number of carbonyl (C=O) groups is 1. The lowest BCUT2D eigenvalue weighted by Gasteiger charge is -2.26. The molecule has 6 nitrogen and oxygen atoms in total. The fourth-order valence-electron chi connectivity index (χ4n) is 6.38. The third-order valence-corrected chi connectivity index (χ3v) is 8.51. The number of rotatable bonds is 8. The highest BCUT2D eigenvalue weighted by Gasteiger charge is 2.29. The third-order valence-electron chi connectivity index (χ3n) is 8.51. The van der Waals surface area contributed by atoms with Crippen molar-refractivity contribution in [1.82, 2.24) is 9.47 Å². The Morgan fingerprint density at radius 2 is 1.73 bits per heavy atom. The normalized spacial score (nSPS) is 15.0. The fraction of sp³-hybridized carbons (Fsp3) is 0.286. The van der Waals surface area contributed by atoms with Crippen molar-refractivity contribution in [2.75, 3.05) is 33.4 Å². The van der Waals surface area contributed by atoms with Crippen LogP contribution in [0.2, 0.25) is 0 Å². The molecule has 0 aliphatic carbocycles. The summed E-state index contributed by atoms with van der Waals surface area (Å²) in [6.07, 6.45) is 6.44. The lowest BCUT2D eigenvalue weighted by molar-refractivity contribution is 0.104. The number of piperidine rings is 1. The highest BCUT2D eigenvalue weighted by molar-refractivity contribution is 6.21. The van der Waals surface area contributed by atoms with Crippen molar-refractivity contribution in [3.63, 3.8) is 0 Å². The first-order chi connectivity index (χ1) is 20.2. The van der Waals surface area contributed by atoms with E-state index in [1.807, 2.05) is 48.5 Å². The van der Waals surface area contributed by atoms with Crippen LogP contribution in [0.1, 0.15) is 40.7 Å². The predicted octanol–water partition coefficient (Wildman–Crippen LogP) is 7.23. The molecule has 5 aromatic rings. The summed E-state index contributed by atoms with van der Waals surface area (Å²) in [4.78, 5) is 16.7. The molecule has 7 rings (SSSR count). The number of carbonyl (C=O) groups excluding carboxylic acids is 1. The minimum absolute atomic E-state index is 0.0121. The summed E-state index contributed by atoms with van der Waals surface area (Å²) in [6.45, 7) is 4.69. The molecule has 208 valence electrons. The highest BCUT2D eigenvalue weighted by atomic mass is 16.5. The Hall–Kier alpha value is -4.29. The summed E-state index contributed by atoms with van der Waals surface area (Å²) in [5.41, 5.74) is 6.65. The maximum atomic E-state index is 14.3. The van der Waals surface area contributed by atoms with Crippen LogP contribution >= 0.6 is 0 Å². The van der Waals surface area contributed by atoms with Gasteiger partial charge >= 0.3 is 0 Å². The number of nitrogens with zero attached hydrogens (tertiary/aromatic N) is 2. The monoisotopic (exact) mass is 546 g/mol. The molecule has 3 aromatic carbocycles. The minimum atomic E-state index is 0.0121. The quantitative estimate of drug-likeness (QED) is 0.192. The van der Waals surface area contributed by atoms with Gasteiger partial charge in [0.05, 0.1) is 24.6 Å². The summed E-state index contributed by atoms with van der Waals surface area (Å²) in [5, 5.41) is 0.950. The second-order valence-electron chi connectivity index (χ2n) is 11.0. The number of hydrogen-bond acceptors (Lipinski definition) is 5. The molecule has 1 fully saturated rings. The number of ketones is 1. The van der Waals surface area contributed by atoms with E-state index in [9.17, 15) is 4.79 Å². The van der Waals surface area contributed by atoms with Gasteiger partial charge in [-0.05, 0) is 98.6 Å². The number of aromatic nitrogens is 1. The zero-order valence-corrected chi connectivity index (χ0v) is 23.4. The zero-order valence-electron chi connectivity index (χ0n) is 23.4. The van der Waals surface area contributed by atoms with Gasteiger partial charge in [0.25, 0.3) is 0 Å². The van der Waals surface area contributed by atoms with Crippen molar-refractivity contribution >= 4 is 16.7 Å². The largest absolute Gasteiger partial charge is 0.497 e. The van der Waals surface area contributed by atoms with Crippen LogP contribution in [-0.4, -0.2) is 48.6 Å². The Balaban J connectivity index is 1.24. The maximum Gasteiger partial charge on any atom is 0.195 e. The van der Waals surface area contributed by atoms with Crippen molar-refractivity contribution in [1.29, 1.82) is 0 Å². The van der Waals surface area contributed by atoms with Crippen LogP contribution in [0.3, 0.4) is 0 Å². The molecule has 41 heavy (non-hydrogen) atoms. The lowest BCUT2D eigenvalue weighted by Crippen LogP contribution is -2.33. The van der Waals surface area contributed by atoms with E-state index in [0.29, 0.717) is 12.2 Å². The molecule has 4 heterocycles. The number of methoxy groups -OCH3 is 1. The van der Waals surface area contributed by atoms with Crippen LogP contribution < -0.4 is 9.47 Å². The Kier molecular flexibility index (Phi) is 6.85. The van der Waals surface area contributed by atoms with Crippen molar-refractivity contribution in [2.45, 2.75) is 32.2 Å². The Labute approximate surface area is 240 Å². The van der Waals surface area contributed by atoms with E-state index < -0.39 is 0 Å². The standard InChI is InChI=1S/C35H34N2O4/c1-39-28-12-14-29-25(22-28)15-18-37-31-23-26(32-6-5-20-41-32)9-13-30(31)33(34(29)37)35(38)24-7-10-27(11-8-24)40-21-19-36-16-3-2-4-17-36/h5-14,20,22-23H,2-4,15-19,21H2,1H3. The van der Waals surface area contributed by atoms with Crippen LogP contribution in [0.5, 0.6) is 11.5 Å². The number of likely N-dealkylation sites (tertiary alicyclic amines) is 1. The number of furan rings is 1. The van der Waals surface area contributed by atoms with Crippen LogP contribution in [0.15, 0.2) is 83.5 Å². The van der Waals surface area contributed by atoms with Gasteiger partial charge in [0, 0.05) is 40.7 Å². The van der Waals surface area contributed by atoms with E-state index in [0.717, 1.165) is 83.1 Å². The second kappa shape index (κ2) is 10.9. The third kappa shape index (κ3) is 4.82. The molecule has 6 heteroatoms. The summed E-state index contributed by atoms with van der Waals surface area (Å²) in [6, 6.07) is 23.9. The van der Waals surface area contributed by atoms with Gasteiger partial charge in [0.2, 0.25) is 0 Å². The number of fused-ring (bicyclic) bond motifs is 5. The molecule has 0 unspecified atom stereocenters. The van der Waals surface area contributed by atoms with Gasteiger partial charge < -0.3 is 18.5 Å². The number of hydrogen-bond donors (Lipinski definition) is 0. The van der Waals surface area contributed by atoms with Crippen molar-refractivity contribution in [2.24, 2.45) is 0 Å². The predicted molar refractivity (Wildman–Crippen MR) is 161 cm³/mol. The molecule has 0 saturated carbocycles. The molecule has 2 aliphatic heterocycles. The molecular weight excluding hydrogens is 512 g/mol. The van der Waals surface area contributed by atoms with Crippen molar-refractivity contribution in [3.8, 4) is 34.1 Å². The molecule has 2 aliphatic rings. The SMILES string of the molecule is COc1ccc2c(c1)CCn1c-2c(C(=O)c2ccc(OCCN3CCCCC3)cc2)c2ccc(-c3ccco3)cc21. The lowest BCUT2D eigenvalue weighted by atomic mass is 9.92. The Bertz CT molecular complexity index is 1690. The number of benzene rings is 3. The molecule has 1 saturated heterocycles. The molecule has 0 spiro atoms. The first-order valence-corrected chi connectivity index (χ1v) is 14.6. The molecule has 2 aromatic heterocycles. The van der Waals surface area contributed by atoms with Crippen LogP contribution in [0, 0.1) is 0 Å². The molecule has 0 atom stereocenters. The van der Waals surface area contributed by atoms with E-state index >= 15 is 0 Å². The smallest absolute Gasteiger partial charge is 0.195 e. The molecule has 0 N–H and O–H groups in total. The van der Waals surface area contributed by atoms with Gasteiger partial charge in [-0.3, -0.25) is 9.69 Å². The van der Waals surface area contributed by atoms with Crippen LogP contribution in [0.4, 0.5) is 0 Å². The van der Waals surface area contributed by atoms with Crippen molar-refractivity contribution < 1.29 is 18.7 Å². The first-order valence-electron chi connectivity index (χ1n) is 14.6. The van der Waals surface area contributed by atoms with Crippen molar-refractivity contribution in [3.05, 3.63) is 95.7 Å². The number of aryl methyl sites for hydroxylation is 2. The minimum Gasteiger partial charge on any atom is -0.497 e. The number of ether oxygens (including phenoxy) is 2. The van der Waals surface area contributed by atoms with Gasteiger partial charge in [0.15, 0.2) is 5.78 Å². The van der Waals surface area contributed by atoms with Gasteiger partial charge in [-0.15, -0.1) is 0 Å². The fourth-order valence-corrected chi connectivity index (χ4v) is 6.38. The molecule has 0 radical (unpaired) electrons. The summed E-state index contributed by atoms with van der Waals surface area (Å²) >= 11 is 0. The second-order valence-corrected chi connectivity index (χ2v) is 11.0. The Morgan fingerprint density at radius 3 is 2.51 bits per heavy atom. The van der Waals surface area contributed by atoms with Crippen LogP contribution in [-0.2, 0) is 13.0 Å². The summed E-state index contributed by atoms with van der Waals surface area (Å²) < 4.78 is 19.5.